The molecule has 0 saturated carbocycles. The van der Waals surface area contributed by atoms with Crippen LogP contribution in [0.3, 0.4) is 0 Å². The van der Waals surface area contributed by atoms with Crippen molar-refractivity contribution < 1.29 is 38.6 Å². The van der Waals surface area contributed by atoms with Gasteiger partial charge in [0.15, 0.2) is 0 Å². The number of amides is 5. The van der Waals surface area contributed by atoms with Crippen LogP contribution in [-0.4, -0.2) is 111 Å². The van der Waals surface area contributed by atoms with E-state index in [2.05, 4.69) is 10.6 Å². The molecule has 2 heterocycles. The smallest absolute Gasteiger partial charge is 0.410 e. The fourth-order valence-corrected chi connectivity index (χ4v) is 7.60. The summed E-state index contributed by atoms with van der Waals surface area (Å²) < 4.78 is 5.50. The van der Waals surface area contributed by atoms with E-state index < -0.39 is 64.8 Å². The molecule has 13 nitrogen and oxygen atoms in total. The Kier molecular flexibility index (Phi) is 13.1. The van der Waals surface area contributed by atoms with Crippen LogP contribution >= 0.6 is 11.8 Å². The molecule has 1 unspecified atom stereocenters. The fourth-order valence-electron chi connectivity index (χ4n) is 6.17. The second kappa shape index (κ2) is 17.1. The van der Waals surface area contributed by atoms with Gasteiger partial charge in [0.2, 0.25) is 11.8 Å². The van der Waals surface area contributed by atoms with Crippen LogP contribution in [0.4, 0.5) is 9.59 Å². The molecule has 3 N–H and O–H groups in total. The van der Waals surface area contributed by atoms with Gasteiger partial charge in [-0.25, -0.2) is 14.4 Å². The van der Waals surface area contributed by atoms with E-state index in [0.29, 0.717) is 31.5 Å². The summed E-state index contributed by atoms with van der Waals surface area (Å²) in [5.41, 5.74) is 0.812. The van der Waals surface area contributed by atoms with E-state index in [1.54, 1.807) is 68.0 Å². The van der Waals surface area contributed by atoms with Crippen molar-refractivity contribution in [3.63, 3.8) is 0 Å². The molecule has 2 aliphatic heterocycles. The first-order valence-electron chi connectivity index (χ1n) is 17.2. The van der Waals surface area contributed by atoms with Crippen molar-refractivity contribution in [3.05, 3.63) is 71.8 Å². The Morgan fingerprint density at radius 2 is 1.53 bits per heavy atom. The number of thioether (sulfide) groups is 1. The number of piperidine rings is 1. The third kappa shape index (κ3) is 10.2. The zero-order valence-electron chi connectivity index (χ0n) is 30.0. The molecule has 2 aliphatic rings. The van der Waals surface area contributed by atoms with Crippen LogP contribution < -0.4 is 10.6 Å². The molecule has 0 aromatic heterocycles. The van der Waals surface area contributed by atoms with Gasteiger partial charge in [-0.05, 0) is 50.7 Å². The second-order valence-corrected chi connectivity index (χ2v) is 15.4. The van der Waals surface area contributed by atoms with Crippen molar-refractivity contribution in [2.24, 2.45) is 5.92 Å². The monoisotopic (exact) mass is 723 g/mol. The van der Waals surface area contributed by atoms with Crippen LogP contribution in [0.15, 0.2) is 60.7 Å². The third-order valence-electron chi connectivity index (χ3n) is 8.96. The topological polar surface area (TPSA) is 166 Å². The number of nitrogens with zero attached hydrogens (tertiary/aromatic N) is 3. The summed E-state index contributed by atoms with van der Waals surface area (Å²) in [5.74, 6) is -4.13. The predicted molar refractivity (Wildman–Crippen MR) is 193 cm³/mol. The second-order valence-electron chi connectivity index (χ2n) is 14.3. The number of rotatable bonds is 11. The first kappa shape index (κ1) is 39.2. The Bertz CT molecular complexity index is 1560. The Balaban J connectivity index is 1.52. The molecule has 0 radical (unpaired) electrons. The zero-order chi connectivity index (χ0) is 37.5. The summed E-state index contributed by atoms with van der Waals surface area (Å²) in [6.07, 6.45) is 0.598. The van der Waals surface area contributed by atoms with E-state index in [0.717, 1.165) is 5.56 Å². The van der Waals surface area contributed by atoms with Crippen molar-refractivity contribution >= 4 is 47.5 Å². The molecule has 5 amide bonds. The summed E-state index contributed by atoms with van der Waals surface area (Å²) in [4.78, 5) is 83.8. The summed E-state index contributed by atoms with van der Waals surface area (Å²) >= 11 is 1.38. The van der Waals surface area contributed by atoms with E-state index in [-0.39, 0.29) is 24.1 Å². The lowest BCUT2D eigenvalue weighted by atomic mass is 10.00. The molecule has 2 fully saturated rings. The number of ketones is 1. The molecule has 4 atom stereocenters. The van der Waals surface area contributed by atoms with Crippen LogP contribution in [0.5, 0.6) is 0 Å². The van der Waals surface area contributed by atoms with Gasteiger partial charge in [0.1, 0.15) is 29.1 Å². The first-order chi connectivity index (χ1) is 24.1. The summed E-state index contributed by atoms with van der Waals surface area (Å²) in [6.45, 7) is 9.75. The summed E-state index contributed by atoms with van der Waals surface area (Å²) in [5, 5.41) is 14.5. The minimum Gasteiger partial charge on any atom is -0.475 e. The number of carboxylic acid groups (broad SMARTS) is 1. The average molecular weight is 724 g/mol. The minimum atomic E-state index is -1.67. The lowest BCUT2D eigenvalue weighted by Crippen LogP contribution is -2.60. The van der Waals surface area contributed by atoms with Crippen molar-refractivity contribution in [1.82, 2.24) is 25.3 Å². The largest absolute Gasteiger partial charge is 0.475 e. The highest BCUT2D eigenvalue weighted by molar-refractivity contribution is 7.99. The molecule has 0 spiro atoms. The normalized spacial score (nSPS) is 19.2. The number of carbonyl (C=O) groups excluding carboxylic acids is 5. The number of ether oxygens (including phenoxy) is 1. The van der Waals surface area contributed by atoms with Gasteiger partial charge in [-0.15, -0.1) is 11.8 Å². The number of carboxylic acids is 1. The average Bonchev–Trinajstić information content (AvgIpc) is 3.55. The lowest BCUT2D eigenvalue weighted by Gasteiger charge is -2.38. The molecular formula is C37H49N5O8S. The van der Waals surface area contributed by atoms with Gasteiger partial charge in [0, 0.05) is 38.4 Å². The number of hydrogen-bond donors (Lipinski definition) is 3. The van der Waals surface area contributed by atoms with E-state index in [1.807, 2.05) is 44.2 Å². The maximum Gasteiger partial charge on any atom is 0.410 e. The van der Waals surface area contributed by atoms with Crippen molar-refractivity contribution in [2.45, 2.75) is 89.0 Å². The summed E-state index contributed by atoms with van der Waals surface area (Å²) in [7, 11) is 1.69. The molecule has 14 heteroatoms. The maximum atomic E-state index is 14.5. The van der Waals surface area contributed by atoms with Crippen LogP contribution in [0, 0.1) is 5.92 Å². The highest BCUT2D eigenvalue weighted by Crippen LogP contribution is 2.42. The Morgan fingerprint density at radius 1 is 0.941 bits per heavy atom. The standard InChI is InChI=1S/C37H49N5O8S/c1-23(2)29(39-35(48)41-19-17-26(18-20-41)40(6)36(49)50-37(3,4)5)32(45)42-28(22-51-33(42)25-15-11-8-12-16-25)31(44)38-27(30(43)34(46)47)21-24-13-9-7-10-14-24/h7-16,23,26-29,33H,17-22H2,1-6H3,(H,38,44)(H,39,48)(H,46,47)/t27-,28-,29-,33?/m0/s1. The molecule has 276 valence electrons. The van der Waals surface area contributed by atoms with Crippen LogP contribution in [0.2, 0.25) is 0 Å². The van der Waals surface area contributed by atoms with Crippen molar-refractivity contribution in [3.8, 4) is 0 Å². The number of carbonyl (C=O) groups is 6. The molecule has 4 rings (SSSR count). The predicted octanol–water partition coefficient (Wildman–Crippen LogP) is 4.08. The highest BCUT2D eigenvalue weighted by atomic mass is 32.2. The molecule has 2 saturated heterocycles. The molecule has 51 heavy (non-hydrogen) atoms. The Labute approximate surface area is 303 Å². The highest BCUT2D eigenvalue weighted by Gasteiger charge is 2.46. The van der Waals surface area contributed by atoms with E-state index in [9.17, 15) is 33.9 Å². The van der Waals surface area contributed by atoms with Crippen molar-refractivity contribution in [2.75, 3.05) is 25.9 Å². The number of nitrogens with one attached hydrogen (secondary N) is 2. The molecule has 0 bridgehead atoms. The van der Waals surface area contributed by atoms with E-state index in [1.165, 1.54) is 16.7 Å². The quantitative estimate of drug-likeness (QED) is 0.290. The number of hydrogen-bond acceptors (Lipinski definition) is 8. The molecule has 2 aromatic carbocycles. The van der Waals surface area contributed by atoms with Gasteiger partial charge in [-0.3, -0.25) is 14.4 Å². The Morgan fingerprint density at radius 3 is 2.08 bits per heavy atom. The van der Waals surface area contributed by atoms with Gasteiger partial charge in [-0.1, -0.05) is 74.5 Å². The number of aliphatic carboxylic acids is 1. The summed E-state index contributed by atoms with van der Waals surface area (Å²) in [6, 6.07) is 14.0. The molecular weight excluding hydrogens is 675 g/mol. The van der Waals surface area contributed by atoms with Gasteiger partial charge in [0.25, 0.3) is 5.78 Å². The Hall–Kier alpha value is -4.59. The van der Waals surface area contributed by atoms with Gasteiger partial charge in [0.05, 0.1) is 0 Å². The lowest BCUT2D eigenvalue weighted by molar-refractivity contribution is -0.151. The van der Waals surface area contributed by atoms with Gasteiger partial charge < -0.3 is 35.2 Å². The fraction of sp³-hybridized carbons (Fsp3) is 0.514. The van der Waals surface area contributed by atoms with E-state index >= 15 is 0 Å². The van der Waals surface area contributed by atoms with Gasteiger partial charge in [-0.2, -0.15) is 0 Å². The number of Topliss-reactive ketones (excluding diaryl/α,β-unsaturated/α-hetero) is 1. The molecule has 2 aromatic rings. The number of urea groups is 1. The maximum absolute atomic E-state index is 14.5. The van der Waals surface area contributed by atoms with E-state index in [4.69, 9.17) is 4.74 Å². The van der Waals surface area contributed by atoms with Crippen LogP contribution in [-0.2, 0) is 30.3 Å². The zero-order valence-corrected chi connectivity index (χ0v) is 30.9. The molecule has 0 aliphatic carbocycles. The number of likely N-dealkylation sites (tertiary alicyclic amines) is 1. The first-order valence-corrected chi connectivity index (χ1v) is 18.2. The van der Waals surface area contributed by atoms with Gasteiger partial charge >= 0.3 is 18.1 Å². The van der Waals surface area contributed by atoms with Crippen molar-refractivity contribution in [1.29, 1.82) is 0 Å². The van der Waals surface area contributed by atoms with Crippen LogP contribution in [0.1, 0.15) is 64.0 Å². The minimum absolute atomic E-state index is 0.0391. The van der Waals surface area contributed by atoms with Crippen LogP contribution in [0.25, 0.3) is 0 Å². The number of benzene rings is 2. The SMILES string of the molecule is CC(C)[C@H](NC(=O)N1CCC(N(C)C(=O)OC(C)(C)C)CC1)C(=O)N1C(c2ccccc2)SC[C@H]1C(=O)N[C@@H](Cc1ccccc1)C(=O)C(=O)O. The third-order valence-corrected chi connectivity index (χ3v) is 10.3.